The number of carbonyl (C=O) groups is 2. The maximum Gasteiger partial charge on any atom is 0.170 e. The smallest absolute Gasteiger partial charge is 0.170 e. The molecule has 0 saturated heterocycles. The molecule has 1 aromatic rings. The van der Waals surface area contributed by atoms with E-state index < -0.39 is 5.60 Å². The molecule has 1 heterocycles. The standard InChI is InChI=1S/C17H22O4/c1-11(19)7-13-8-12(5-4-6-18)9-14-15(20)10-17(2,3)21-16(13)14/h8-9,18H,4-7,10H2,1-3H3. The third kappa shape index (κ3) is 3.70. The highest BCUT2D eigenvalue weighted by Crippen LogP contribution is 2.37. The molecular formula is C17H22O4. The van der Waals surface area contributed by atoms with E-state index in [0.717, 1.165) is 11.1 Å². The van der Waals surface area contributed by atoms with Crippen molar-refractivity contribution in [2.24, 2.45) is 0 Å². The van der Waals surface area contributed by atoms with Crippen molar-refractivity contribution in [1.82, 2.24) is 0 Å². The minimum atomic E-state index is -0.539. The summed E-state index contributed by atoms with van der Waals surface area (Å²) >= 11 is 0. The van der Waals surface area contributed by atoms with E-state index in [1.807, 2.05) is 26.0 Å². The van der Waals surface area contributed by atoms with Gasteiger partial charge in [-0.2, -0.15) is 0 Å². The predicted molar refractivity (Wildman–Crippen MR) is 79.9 cm³/mol. The zero-order chi connectivity index (χ0) is 15.6. The van der Waals surface area contributed by atoms with Gasteiger partial charge in [0.15, 0.2) is 5.78 Å². The van der Waals surface area contributed by atoms with E-state index in [9.17, 15) is 9.59 Å². The summed E-state index contributed by atoms with van der Waals surface area (Å²) in [5, 5.41) is 8.96. The van der Waals surface area contributed by atoms with Crippen LogP contribution < -0.4 is 4.74 Å². The van der Waals surface area contributed by atoms with E-state index in [1.165, 1.54) is 6.92 Å². The summed E-state index contributed by atoms with van der Waals surface area (Å²) in [4.78, 5) is 23.8. The quantitative estimate of drug-likeness (QED) is 0.905. The van der Waals surface area contributed by atoms with Crippen molar-refractivity contribution in [2.75, 3.05) is 6.61 Å². The number of aryl methyl sites for hydroxylation is 1. The molecule has 0 radical (unpaired) electrons. The lowest BCUT2D eigenvalue weighted by Gasteiger charge is -2.33. The van der Waals surface area contributed by atoms with Crippen LogP contribution in [0.4, 0.5) is 0 Å². The minimum Gasteiger partial charge on any atom is -0.486 e. The fraction of sp³-hybridized carbons (Fsp3) is 0.529. The first-order valence-electron chi connectivity index (χ1n) is 7.31. The fourth-order valence-corrected chi connectivity index (χ4v) is 2.70. The van der Waals surface area contributed by atoms with Crippen LogP contribution >= 0.6 is 0 Å². The summed E-state index contributed by atoms with van der Waals surface area (Å²) in [6.07, 6.45) is 1.92. The van der Waals surface area contributed by atoms with Crippen molar-refractivity contribution >= 4 is 11.6 Å². The Morgan fingerprint density at radius 1 is 1.38 bits per heavy atom. The number of Topliss-reactive ketones (excluding diaryl/α,β-unsaturated/α-hetero) is 2. The summed E-state index contributed by atoms with van der Waals surface area (Å²) in [7, 11) is 0. The molecule has 2 rings (SSSR count). The second-order valence-electron chi connectivity index (χ2n) is 6.30. The number of aliphatic hydroxyl groups excluding tert-OH is 1. The Labute approximate surface area is 125 Å². The highest BCUT2D eigenvalue weighted by Gasteiger charge is 2.34. The van der Waals surface area contributed by atoms with Crippen LogP contribution in [0.2, 0.25) is 0 Å². The van der Waals surface area contributed by atoms with E-state index in [1.54, 1.807) is 0 Å². The lowest BCUT2D eigenvalue weighted by Crippen LogP contribution is -2.36. The first-order valence-corrected chi connectivity index (χ1v) is 7.31. The first kappa shape index (κ1) is 15.7. The number of ketones is 2. The molecule has 0 aliphatic carbocycles. The van der Waals surface area contributed by atoms with Gasteiger partial charge in [-0.3, -0.25) is 9.59 Å². The molecular weight excluding hydrogens is 268 g/mol. The number of ether oxygens (including phenoxy) is 1. The van der Waals surface area contributed by atoms with E-state index >= 15 is 0 Å². The molecule has 114 valence electrons. The van der Waals surface area contributed by atoms with Gasteiger partial charge in [0.2, 0.25) is 0 Å². The van der Waals surface area contributed by atoms with E-state index in [0.29, 0.717) is 30.6 Å². The lowest BCUT2D eigenvalue weighted by atomic mass is 9.88. The number of rotatable bonds is 5. The van der Waals surface area contributed by atoms with Crippen LogP contribution in [0.3, 0.4) is 0 Å². The summed E-state index contributed by atoms with van der Waals surface area (Å²) in [5.41, 5.74) is 1.77. The molecule has 4 heteroatoms. The maximum atomic E-state index is 12.4. The Morgan fingerprint density at radius 3 is 2.71 bits per heavy atom. The normalized spacial score (nSPS) is 16.3. The average Bonchev–Trinajstić information content (AvgIpc) is 2.36. The first-order chi connectivity index (χ1) is 9.82. The van der Waals surface area contributed by atoms with Crippen LogP contribution in [0.25, 0.3) is 0 Å². The van der Waals surface area contributed by atoms with Crippen LogP contribution in [0.15, 0.2) is 12.1 Å². The van der Waals surface area contributed by atoms with Gasteiger partial charge in [0.05, 0.1) is 12.0 Å². The van der Waals surface area contributed by atoms with Gasteiger partial charge in [0.1, 0.15) is 17.1 Å². The number of benzene rings is 1. The molecule has 0 spiro atoms. The van der Waals surface area contributed by atoms with Crippen LogP contribution in [0.5, 0.6) is 5.75 Å². The molecule has 1 aliphatic heterocycles. The summed E-state index contributed by atoms with van der Waals surface area (Å²) in [6.45, 7) is 5.40. The Balaban J connectivity index is 2.48. The molecule has 0 bridgehead atoms. The second-order valence-corrected chi connectivity index (χ2v) is 6.30. The third-order valence-electron chi connectivity index (χ3n) is 3.55. The average molecular weight is 290 g/mol. The number of fused-ring (bicyclic) bond motifs is 1. The predicted octanol–water partition coefficient (Wildman–Crippen LogP) is 2.49. The number of aliphatic hydroxyl groups is 1. The zero-order valence-electron chi connectivity index (χ0n) is 12.9. The zero-order valence-corrected chi connectivity index (χ0v) is 12.9. The van der Waals surface area contributed by atoms with Crippen molar-refractivity contribution in [3.63, 3.8) is 0 Å². The molecule has 0 atom stereocenters. The molecule has 1 aromatic carbocycles. The maximum absolute atomic E-state index is 12.4. The fourth-order valence-electron chi connectivity index (χ4n) is 2.70. The lowest BCUT2D eigenvalue weighted by molar-refractivity contribution is -0.116. The SMILES string of the molecule is CC(=O)Cc1cc(CCCO)cc2c1OC(C)(C)CC2=O. The van der Waals surface area contributed by atoms with Crippen molar-refractivity contribution in [3.05, 3.63) is 28.8 Å². The molecule has 1 N–H and O–H groups in total. The van der Waals surface area contributed by atoms with Crippen molar-refractivity contribution in [2.45, 2.75) is 52.1 Å². The van der Waals surface area contributed by atoms with Gasteiger partial charge >= 0.3 is 0 Å². The van der Waals surface area contributed by atoms with Crippen LogP contribution in [-0.4, -0.2) is 28.9 Å². The summed E-state index contributed by atoms with van der Waals surface area (Å²) in [5.74, 6) is 0.645. The molecule has 0 unspecified atom stereocenters. The van der Waals surface area contributed by atoms with Crippen molar-refractivity contribution < 1.29 is 19.4 Å². The van der Waals surface area contributed by atoms with Crippen molar-refractivity contribution in [1.29, 1.82) is 0 Å². The molecule has 0 amide bonds. The largest absolute Gasteiger partial charge is 0.486 e. The van der Waals surface area contributed by atoms with Crippen LogP contribution in [-0.2, 0) is 17.6 Å². The van der Waals surface area contributed by atoms with Gasteiger partial charge in [0.25, 0.3) is 0 Å². The molecule has 21 heavy (non-hydrogen) atoms. The monoisotopic (exact) mass is 290 g/mol. The highest BCUT2D eigenvalue weighted by atomic mass is 16.5. The Hall–Kier alpha value is -1.68. The highest BCUT2D eigenvalue weighted by molar-refractivity contribution is 6.01. The number of carbonyl (C=O) groups excluding carboxylic acids is 2. The Bertz CT molecular complexity index is 572. The second kappa shape index (κ2) is 5.98. The van der Waals surface area contributed by atoms with Gasteiger partial charge in [0, 0.05) is 18.6 Å². The van der Waals surface area contributed by atoms with Crippen LogP contribution in [0, 0.1) is 0 Å². The van der Waals surface area contributed by atoms with Gasteiger partial charge in [-0.15, -0.1) is 0 Å². The van der Waals surface area contributed by atoms with E-state index in [2.05, 4.69) is 0 Å². The molecule has 0 fully saturated rings. The number of hydrogen-bond acceptors (Lipinski definition) is 4. The third-order valence-corrected chi connectivity index (χ3v) is 3.55. The van der Waals surface area contributed by atoms with E-state index in [-0.39, 0.29) is 24.6 Å². The summed E-state index contributed by atoms with van der Waals surface area (Å²) < 4.78 is 5.96. The molecule has 1 aliphatic rings. The van der Waals surface area contributed by atoms with Gasteiger partial charge in [-0.05, 0) is 45.2 Å². The number of hydrogen-bond donors (Lipinski definition) is 1. The molecule has 0 aromatic heterocycles. The van der Waals surface area contributed by atoms with Gasteiger partial charge < -0.3 is 9.84 Å². The summed E-state index contributed by atoms with van der Waals surface area (Å²) in [6, 6.07) is 3.76. The van der Waals surface area contributed by atoms with E-state index in [4.69, 9.17) is 9.84 Å². The van der Waals surface area contributed by atoms with Crippen LogP contribution in [0.1, 0.15) is 55.1 Å². The van der Waals surface area contributed by atoms with Gasteiger partial charge in [-0.1, -0.05) is 6.07 Å². The Morgan fingerprint density at radius 2 is 2.10 bits per heavy atom. The molecule has 0 saturated carbocycles. The Kier molecular flexibility index (Phi) is 4.47. The van der Waals surface area contributed by atoms with Crippen molar-refractivity contribution in [3.8, 4) is 5.75 Å². The van der Waals surface area contributed by atoms with Gasteiger partial charge in [-0.25, -0.2) is 0 Å². The topological polar surface area (TPSA) is 63.6 Å². The minimum absolute atomic E-state index is 0.0379. The molecule has 4 nitrogen and oxygen atoms in total.